The first-order chi connectivity index (χ1) is 48.8. The maximum atomic E-state index is 12.3. The van der Waals surface area contributed by atoms with E-state index in [4.69, 9.17) is 80.5 Å². The van der Waals surface area contributed by atoms with Crippen LogP contribution in [-0.2, 0) is 85.3 Å². The van der Waals surface area contributed by atoms with Crippen LogP contribution in [0.3, 0.4) is 0 Å². The van der Waals surface area contributed by atoms with Crippen molar-refractivity contribution in [2.24, 2.45) is 0 Å². The Hall–Kier alpha value is -2.13. The Morgan fingerprint density at radius 1 is 0.301 bits per heavy atom. The van der Waals surface area contributed by atoms with Crippen LogP contribution in [-0.4, -0.2) is 485 Å². The van der Waals surface area contributed by atoms with Crippen molar-refractivity contribution < 1.29 is 228 Å². The Kier molecular flexibility index (Phi) is 32.1. The molecule has 46 nitrogen and oxygen atoms in total. The summed E-state index contributed by atoms with van der Waals surface area (Å²) in [5.41, 5.74) is 0. The van der Waals surface area contributed by atoms with E-state index in [-0.39, 0.29) is 6.29 Å². The maximum absolute atomic E-state index is 12.3. The standard InChI is InChI=1S/C57H98O46/c1-13(2)88-43-26(71)18(7-62)92-53(36(43)81)100-47-30(75)21(10-65)95-56(39(47)84)103-49-32(77)23(12-87-50-35(80)44(27(72)17(6-61)89-50)99-54-38(83)45(28(73)20(9-64)93-54)98-51-34(79)33(78)25(70)16(5-60)90-51)96-57(41(49)86)102-48-31(76)22(11-66)94-55(40(48)85)101-46-29(74)19(8-63)91-52(37(46)82)97-42(15(68)4-59)24(69)14(67)3-58/h4,13-58,60-86H,3,5-12H2,1-2H3. The summed E-state index contributed by atoms with van der Waals surface area (Å²) in [6.07, 6.45) is -94.1. The first kappa shape index (κ1) is 86.5. The zero-order valence-corrected chi connectivity index (χ0v) is 54.8. The molecule has 8 aliphatic rings. The number of hydrogen-bond acceptors (Lipinski definition) is 46. The second-order valence-electron chi connectivity index (χ2n) is 26.0. The van der Waals surface area contributed by atoms with Gasteiger partial charge in [-0.2, -0.15) is 0 Å². The minimum Gasteiger partial charge on any atom is -0.394 e. The van der Waals surface area contributed by atoms with E-state index in [2.05, 4.69) is 0 Å². The molecule has 0 bridgehead atoms. The van der Waals surface area contributed by atoms with Crippen LogP contribution >= 0.6 is 0 Å². The molecule has 0 aromatic rings. The molecule has 28 N–H and O–H groups in total. The van der Waals surface area contributed by atoms with Crippen molar-refractivity contribution in [1.82, 2.24) is 0 Å². The second-order valence-corrected chi connectivity index (χ2v) is 26.0. The summed E-state index contributed by atoms with van der Waals surface area (Å²) in [6, 6.07) is 0. The van der Waals surface area contributed by atoms with Gasteiger partial charge in [-0.1, -0.05) is 0 Å². The molecule has 0 saturated carbocycles. The van der Waals surface area contributed by atoms with Crippen molar-refractivity contribution in [3.8, 4) is 0 Å². The molecule has 0 radical (unpaired) electrons. The average Bonchev–Trinajstić information content (AvgIpc) is 0.776. The van der Waals surface area contributed by atoms with Crippen molar-refractivity contribution in [3.05, 3.63) is 0 Å². The molecule has 46 heteroatoms. The number of rotatable bonds is 31. The monoisotopic (exact) mass is 1520 g/mol. The molecule has 0 amide bonds. The van der Waals surface area contributed by atoms with E-state index in [9.17, 15) is 148 Å². The molecular weight excluding hydrogens is 1420 g/mol. The van der Waals surface area contributed by atoms with Crippen LogP contribution in [0.4, 0.5) is 0 Å². The first-order valence-electron chi connectivity index (χ1n) is 32.8. The predicted octanol–water partition coefficient (Wildman–Crippen LogP) is -19.4. The minimum absolute atomic E-state index is 0.179. The molecule has 103 heavy (non-hydrogen) atoms. The molecule has 8 heterocycles. The number of carbonyl (C=O) groups excluding carboxylic acids is 1. The summed E-state index contributed by atoms with van der Waals surface area (Å²) >= 11 is 0. The van der Waals surface area contributed by atoms with E-state index in [1.165, 1.54) is 13.8 Å². The highest BCUT2D eigenvalue weighted by Gasteiger charge is 2.60. The predicted molar refractivity (Wildman–Crippen MR) is 312 cm³/mol. The topological polar surface area (TPSA) is 740 Å². The molecular formula is C57H98O46. The summed E-state index contributed by atoms with van der Waals surface area (Å²) in [5.74, 6) is 0. The highest BCUT2D eigenvalue weighted by Crippen LogP contribution is 2.39. The van der Waals surface area contributed by atoms with Crippen LogP contribution in [0.2, 0.25) is 0 Å². The maximum Gasteiger partial charge on any atom is 0.187 e. The third kappa shape index (κ3) is 18.9. The highest BCUT2D eigenvalue weighted by atomic mass is 16.8. The molecule has 44 unspecified atom stereocenters. The Bertz CT molecular complexity index is 2510. The Morgan fingerprint density at radius 3 is 0.864 bits per heavy atom. The fraction of sp³-hybridized carbons (Fsp3) is 0.982. The lowest BCUT2D eigenvalue weighted by molar-refractivity contribution is -0.400. The van der Waals surface area contributed by atoms with E-state index in [0.717, 1.165) is 0 Å². The van der Waals surface area contributed by atoms with Gasteiger partial charge in [-0.05, 0) is 13.8 Å². The van der Waals surface area contributed by atoms with Crippen LogP contribution in [0.25, 0.3) is 0 Å². The Labute approximate surface area is 582 Å². The van der Waals surface area contributed by atoms with E-state index in [0.29, 0.717) is 0 Å². The number of ether oxygens (including phenoxy) is 17. The van der Waals surface area contributed by atoms with Crippen LogP contribution in [0.15, 0.2) is 0 Å². The van der Waals surface area contributed by atoms with Crippen LogP contribution < -0.4 is 0 Å². The molecule has 602 valence electrons. The molecule has 8 fully saturated rings. The highest BCUT2D eigenvalue weighted by molar-refractivity contribution is 5.56. The van der Waals surface area contributed by atoms with Gasteiger partial charge in [-0.25, -0.2) is 0 Å². The summed E-state index contributed by atoms with van der Waals surface area (Å²) in [7, 11) is 0. The van der Waals surface area contributed by atoms with Gasteiger partial charge < -0.3 is 228 Å². The molecule has 8 rings (SSSR count). The number of aldehydes is 1. The quantitative estimate of drug-likeness (QED) is 0.0287. The van der Waals surface area contributed by atoms with Crippen molar-refractivity contribution in [1.29, 1.82) is 0 Å². The minimum atomic E-state index is -2.55. The second kappa shape index (κ2) is 38.2. The van der Waals surface area contributed by atoms with Crippen LogP contribution in [0, 0.1) is 0 Å². The summed E-state index contributed by atoms with van der Waals surface area (Å²) < 4.78 is 96.8. The number of carbonyl (C=O) groups is 1. The van der Waals surface area contributed by atoms with Gasteiger partial charge in [-0.15, -0.1) is 0 Å². The number of aliphatic hydroxyl groups is 28. The van der Waals surface area contributed by atoms with Crippen molar-refractivity contribution in [2.75, 3.05) is 59.5 Å². The Balaban J connectivity index is 1.08. The summed E-state index contributed by atoms with van der Waals surface area (Å²) in [4.78, 5) is 11.7. The largest absolute Gasteiger partial charge is 0.394 e. The molecule has 0 aromatic carbocycles. The van der Waals surface area contributed by atoms with Gasteiger partial charge in [0.1, 0.15) is 220 Å². The molecule has 8 aliphatic heterocycles. The number of aliphatic hydroxyl groups excluding tert-OH is 28. The van der Waals surface area contributed by atoms with Gasteiger partial charge in [0.05, 0.1) is 65.6 Å². The zero-order valence-electron chi connectivity index (χ0n) is 54.8. The van der Waals surface area contributed by atoms with Gasteiger partial charge in [0, 0.05) is 0 Å². The van der Waals surface area contributed by atoms with Crippen LogP contribution in [0.1, 0.15) is 13.8 Å². The van der Waals surface area contributed by atoms with Gasteiger partial charge in [0.15, 0.2) is 56.6 Å². The number of hydrogen-bond donors (Lipinski definition) is 28. The van der Waals surface area contributed by atoms with Gasteiger partial charge in [0.2, 0.25) is 0 Å². The van der Waals surface area contributed by atoms with Crippen molar-refractivity contribution >= 4 is 6.29 Å². The molecule has 8 saturated heterocycles. The van der Waals surface area contributed by atoms with E-state index in [1.54, 1.807) is 0 Å². The molecule has 0 aromatic heterocycles. The average molecular weight is 1520 g/mol. The van der Waals surface area contributed by atoms with E-state index >= 15 is 0 Å². The summed E-state index contributed by atoms with van der Waals surface area (Å²) in [6.45, 7) is -6.80. The van der Waals surface area contributed by atoms with Gasteiger partial charge in [0.25, 0.3) is 0 Å². The van der Waals surface area contributed by atoms with E-state index < -0.39 is 336 Å². The lowest BCUT2D eigenvalue weighted by Gasteiger charge is -2.50. The van der Waals surface area contributed by atoms with E-state index in [1.807, 2.05) is 0 Å². The zero-order chi connectivity index (χ0) is 76.1. The SMILES string of the molecule is CC(C)OC1C(O)C(CO)OC(OC2C(O)C(CO)OC(OC3C(O)C(COC4OC(CO)C(O)C(OC5OC(CO)C(O)C(OC6OC(CO)C(O)C(O)C6O)C5O)C4O)OC(OC4C(O)C(CO)OC(OC5C(O)C(CO)OC(OC(C(O)C=O)C(O)C(O)CO)C5O)C4O)C3O)C2O)C1O. The van der Waals surface area contributed by atoms with Gasteiger partial charge >= 0.3 is 0 Å². The summed E-state index contributed by atoms with van der Waals surface area (Å²) in [5, 5.41) is 306. The fourth-order valence-corrected chi connectivity index (χ4v) is 12.8. The third-order valence-corrected chi connectivity index (χ3v) is 18.7. The smallest absolute Gasteiger partial charge is 0.187 e. The van der Waals surface area contributed by atoms with Crippen LogP contribution in [0.5, 0.6) is 0 Å². The molecule has 0 spiro atoms. The first-order valence-corrected chi connectivity index (χ1v) is 32.8. The fourth-order valence-electron chi connectivity index (χ4n) is 12.8. The lowest BCUT2D eigenvalue weighted by atomic mass is 9.95. The Morgan fingerprint density at radius 2 is 0.553 bits per heavy atom. The third-order valence-electron chi connectivity index (χ3n) is 18.7. The molecule has 44 atom stereocenters. The lowest BCUT2D eigenvalue weighted by Crippen LogP contribution is -2.69. The van der Waals surface area contributed by atoms with Gasteiger partial charge in [-0.3, -0.25) is 0 Å². The normalized spacial score (nSPS) is 49.2. The molecule has 0 aliphatic carbocycles. The van der Waals surface area contributed by atoms with Crippen molar-refractivity contribution in [2.45, 2.75) is 290 Å². The van der Waals surface area contributed by atoms with Crippen molar-refractivity contribution in [3.63, 3.8) is 0 Å².